The Hall–Kier alpha value is -1.58. The second kappa shape index (κ2) is 5.81. The monoisotopic (exact) mass is 275 g/mol. The molecule has 4 heteroatoms. The van der Waals surface area contributed by atoms with E-state index in [1.807, 2.05) is 19.1 Å². The Balaban J connectivity index is 2.13. The molecule has 0 spiro atoms. The third-order valence-electron chi connectivity index (χ3n) is 3.84. The van der Waals surface area contributed by atoms with Gasteiger partial charge in [-0.15, -0.1) is 0 Å². The van der Waals surface area contributed by atoms with Crippen molar-refractivity contribution in [3.63, 3.8) is 0 Å². The molecule has 0 aromatic carbocycles. The van der Waals surface area contributed by atoms with Crippen molar-refractivity contribution in [2.75, 3.05) is 18.4 Å². The molecule has 2 rings (SSSR count). The molecule has 0 bridgehead atoms. The number of carbonyl (C=O) groups excluding carboxylic acids is 1. The molecule has 1 aromatic rings. The minimum Gasteiger partial charge on any atom is -0.370 e. The van der Waals surface area contributed by atoms with Gasteiger partial charge in [0.2, 0.25) is 0 Å². The van der Waals surface area contributed by atoms with Crippen molar-refractivity contribution in [2.24, 2.45) is 5.41 Å². The highest BCUT2D eigenvalue weighted by Crippen LogP contribution is 2.44. The van der Waals surface area contributed by atoms with Gasteiger partial charge in [0, 0.05) is 24.3 Å². The lowest BCUT2D eigenvalue weighted by Gasteiger charge is -2.13. The quantitative estimate of drug-likeness (QED) is 0.838. The van der Waals surface area contributed by atoms with Crippen LogP contribution < -0.4 is 10.6 Å². The van der Waals surface area contributed by atoms with E-state index in [9.17, 15) is 4.79 Å². The van der Waals surface area contributed by atoms with Crippen LogP contribution in [0.15, 0.2) is 12.1 Å². The topological polar surface area (TPSA) is 54.0 Å². The SMILES string of the molecule is CCNc1cc(C(=O)NCC2(C)CC2)cc(C(C)C)n1. The van der Waals surface area contributed by atoms with Crippen LogP contribution in [0, 0.1) is 5.41 Å². The zero-order valence-corrected chi connectivity index (χ0v) is 12.9. The Morgan fingerprint density at radius 1 is 1.40 bits per heavy atom. The first kappa shape index (κ1) is 14.8. The van der Waals surface area contributed by atoms with Crippen LogP contribution in [0.1, 0.15) is 62.5 Å². The van der Waals surface area contributed by atoms with Gasteiger partial charge < -0.3 is 10.6 Å². The fourth-order valence-electron chi connectivity index (χ4n) is 2.04. The van der Waals surface area contributed by atoms with Gasteiger partial charge in [-0.2, -0.15) is 0 Å². The molecule has 110 valence electrons. The molecule has 1 aromatic heterocycles. The molecule has 4 nitrogen and oxygen atoms in total. The van der Waals surface area contributed by atoms with Crippen LogP contribution in [0.25, 0.3) is 0 Å². The Morgan fingerprint density at radius 2 is 2.10 bits per heavy atom. The number of nitrogens with zero attached hydrogens (tertiary/aromatic N) is 1. The number of hydrogen-bond acceptors (Lipinski definition) is 3. The minimum absolute atomic E-state index is 0.00146. The minimum atomic E-state index is 0.00146. The van der Waals surface area contributed by atoms with Crippen molar-refractivity contribution in [1.29, 1.82) is 0 Å². The van der Waals surface area contributed by atoms with E-state index in [2.05, 4.69) is 36.4 Å². The molecule has 20 heavy (non-hydrogen) atoms. The van der Waals surface area contributed by atoms with Crippen LogP contribution >= 0.6 is 0 Å². The average Bonchev–Trinajstić information content (AvgIpc) is 3.14. The van der Waals surface area contributed by atoms with Gasteiger partial charge in [-0.3, -0.25) is 4.79 Å². The predicted molar refractivity (Wildman–Crippen MR) is 82.2 cm³/mol. The second-order valence-corrected chi connectivity index (χ2v) is 6.34. The summed E-state index contributed by atoms with van der Waals surface area (Å²) in [4.78, 5) is 16.8. The van der Waals surface area contributed by atoms with Crippen molar-refractivity contribution >= 4 is 11.7 Å². The lowest BCUT2D eigenvalue weighted by atomic mass is 10.1. The molecule has 1 fully saturated rings. The summed E-state index contributed by atoms with van der Waals surface area (Å²) in [6.45, 7) is 9.98. The summed E-state index contributed by atoms with van der Waals surface area (Å²) >= 11 is 0. The first-order valence-electron chi connectivity index (χ1n) is 7.47. The first-order chi connectivity index (χ1) is 9.43. The number of pyridine rings is 1. The number of hydrogen-bond donors (Lipinski definition) is 2. The summed E-state index contributed by atoms with van der Waals surface area (Å²) < 4.78 is 0. The van der Waals surface area contributed by atoms with Gasteiger partial charge in [0.25, 0.3) is 5.91 Å². The summed E-state index contributed by atoms with van der Waals surface area (Å²) in [5.41, 5.74) is 1.98. The van der Waals surface area contributed by atoms with Crippen LogP contribution in [-0.4, -0.2) is 24.0 Å². The average molecular weight is 275 g/mol. The second-order valence-electron chi connectivity index (χ2n) is 6.34. The van der Waals surface area contributed by atoms with Gasteiger partial charge in [0.15, 0.2) is 0 Å². The van der Waals surface area contributed by atoms with Crippen LogP contribution in [-0.2, 0) is 0 Å². The molecule has 1 saturated carbocycles. The smallest absolute Gasteiger partial charge is 0.251 e. The summed E-state index contributed by atoms with van der Waals surface area (Å²) in [5, 5.41) is 6.23. The Kier molecular flexibility index (Phi) is 4.31. The highest BCUT2D eigenvalue weighted by Gasteiger charge is 2.37. The van der Waals surface area contributed by atoms with E-state index >= 15 is 0 Å². The summed E-state index contributed by atoms with van der Waals surface area (Å²) in [7, 11) is 0. The fraction of sp³-hybridized carbons (Fsp3) is 0.625. The lowest BCUT2D eigenvalue weighted by Crippen LogP contribution is -2.29. The maximum Gasteiger partial charge on any atom is 0.251 e. The van der Waals surface area contributed by atoms with E-state index in [1.165, 1.54) is 12.8 Å². The van der Waals surface area contributed by atoms with E-state index in [4.69, 9.17) is 0 Å². The van der Waals surface area contributed by atoms with Gasteiger partial charge >= 0.3 is 0 Å². The summed E-state index contributed by atoms with van der Waals surface area (Å²) in [5.74, 6) is 1.09. The molecule has 0 atom stereocenters. The standard InChI is InChI=1S/C16H25N3O/c1-5-17-14-9-12(8-13(19-14)11(2)3)15(20)18-10-16(4)6-7-16/h8-9,11H,5-7,10H2,1-4H3,(H,17,19)(H,18,20). The van der Waals surface area contributed by atoms with Crippen LogP contribution in [0.5, 0.6) is 0 Å². The van der Waals surface area contributed by atoms with Gasteiger partial charge in [-0.1, -0.05) is 20.8 Å². The van der Waals surface area contributed by atoms with Crippen molar-refractivity contribution in [2.45, 2.75) is 46.5 Å². The molecule has 1 amide bonds. The zero-order valence-electron chi connectivity index (χ0n) is 12.9. The molecule has 0 aliphatic heterocycles. The zero-order chi connectivity index (χ0) is 14.8. The fourth-order valence-corrected chi connectivity index (χ4v) is 2.04. The number of carbonyl (C=O) groups is 1. The van der Waals surface area contributed by atoms with Gasteiger partial charge in [-0.25, -0.2) is 4.98 Å². The number of nitrogens with one attached hydrogen (secondary N) is 2. The van der Waals surface area contributed by atoms with Crippen molar-refractivity contribution in [3.05, 3.63) is 23.4 Å². The van der Waals surface area contributed by atoms with Crippen molar-refractivity contribution < 1.29 is 4.79 Å². The molecular weight excluding hydrogens is 250 g/mol. The molecule has 0 unspecified atom stereocenters. The first-order valence-corrected chi connectivity index (χ1v) is 7.47. The third kappa shape index (κ3) is 3.71. The van der Waals surface area contributed by atoms with Crippen molar-refractivity contribution in [1.82, 2.24) is 10.3 Å². The number of anilines is 1. The molecule has 1 heterocycles. The maximum absolute atomic E-state index is 12.3. The van der Waals surface area contributed by atoms with Gasteiger partial charge in [-0.05, 0) is 43.2 Å². The highest BCUT2D eigenvalue weighted by molar-refractivity contribution is 5.95. The Labute approximate surface area is 121 Å². The molecule has 0 saturated heterocycles. The molecular formula is C16H25N3O. The Morgan fingerprint density at radius 3 is 2.65 bits per heavy atom. The van der Waals surface area contributed by atoms with Gasteiger partial charge in [0.1, 0.15) is 5.82 Å². The van der Waals surface area contributed by atoms with E-state index in [0.29, 0.717) is 16.9 Å². The molecule has 2 N–H and O–H groups in total. The third-order valence-corrected chi connectivity index (χ3v) is 3.84. The summed E-state index contributed by atoms with van der Waals surface area (Å²) in [6.07, 6.45) is 2.42. The largest absolute Gasteiger partial charge is 0.370 e. The summed E-state index contributed by atoms with van der Waals surface area (Å²) in [6, 6.07) is 3.73. The maximum atomic E-state index is 12.3. The lowest BCUT2D eigenvalue weighted by molar-refractivity contribution is 0.0946. The van der Waals surface area contributed by atoms with Crippen LogP contribution in [0.2, 0.25) is 0 Å². The molecule has 0 radical (unpaired) electrons. The number of amides is 1. The number of rotatable bonds is 6. The number of aromatic nitrogens is 1. The predicted octanol–water partition coefficient (Wildman–Crippen LogP) is 3.17. The normalized spacial score (nSPS) is 16.1. The van der Waals surface area contributed by atoms with E-state index in [0.717, 1.165) is 24.6 Å². The molecule has 1 aliphatic rings. The highest BCUT2D eigenvalue weighted by atomic mass is 16.1. The van der Waals surface area contributed by atoms with E-state index < -0.39 is 0 Å². The van der Waals surface area contributed by atoms with Gasteiger partial charge in [0.05, 0.1) is 0 Å². The van der Waals surface area contributed by atoms with E-state index in [1.54, 1.807) is 0 Å². The van der Waals surface area contributed by atoms with Crippen molar-refractivity contribution in [3.8, 4) is 0 Å². The van der Waals surface area contributed by atoms with Crippen LogP contribution in [0.3, 0.4) is 0 Å². The van der Waals surface area contributed by atoms with E-state index in [-0.39, 0.29) is 5.91 Å². The Bertz CT molecular complexity index is 492. The van der Waals surface area contributed by atoms with Crippen LogP contribution in [0.4, 0.5) is 5.82 Å². The molecule has 1 aliphatic carbocycles.